The highest BCUT2D eigenvalue weighted by molar-refractivity contribution is 7.95. The van der Waals surface area contributed by atoms with Crippen molar-refractivity contribution in [2.75, 3.05) is 0 Å². The van der Waals surface area contributed by atoms with Crippen LogP contribution < -0.4 is 43.7 Å². The van der Waals surface area contributed by atoms with E-state index < -0.39 is 45.3 Å². The number of allylic oxidation sites excluding steroid dienone is 2. The number of hydrogen-bond acceptors (Lipinski definition) is 12. The summed E-state index contributed by atoms with van der Waals surface area (Å²) in [6.07, 6.45) is 4.97. The minimum atomic E-state index is -5.02. The molecule has 0 aliphatic heterocycles. The van der Waals surface area contributed by atoms with Gasteiger partial charge in [0.15, 0.2) is 36.4 Å². The third kappa shape index (κ3) is 14.9. The molecule has 0 aliphatic rings. The number of rotatable bonds is 26. The Morgan fingerprint density at radius 3 is 1.39 bits per heavy atom. The Bertz CT molecular complexity index is 4460. The molecule has 0 unspecified atom stereocenters. The Morgan fingerprint density at radius 2 is 0.889 bits per heavy atom. The molecule has 0 spiro atoms. The molecule has 9 aromatic carbocycles. The van der Waals surface area contributed by atoms with E-state index >= 15 is 0 Å². The summed E-state index contributed by atoms with van der Waals surface area (Å²) in [4.78, 5) is -1.11. The maximum Gasteiger partial charge on any atom is 0.294 e. The lowest BCUT2D eigenvalue weighted by molar-refractivity contribution is -0.116. The van der Waals surface area contributed by atoms with Crippen LogP contribution in [-0.4, -0.2) is 81.3 Å². The maximum atomic E-state index is 13.7. The molecule has 0 saturated carbocycles. The second-order valence-electron chi connectivity index (χ2n) is 23.2. The van der Waals surface area contributed by atoms with Crippen LogP contribution in [0.3, 0.4) is 0 Å². The van der Waals surface area contributed by atoms with Gasteiger partial charge in [-0.05, 0) is 119 Å². The molecule has 0 fully saturated rings. The summed E-state index contributed by atoms with van der Waals surface area (Å²) in [5.41, 5.74) is 15.2. The van der Waals surface area contributed by atoms with E-state index in [0.29, 0.717) is 69.4 Å². The van der Waals surface area contributed by atoms with Crippen LogP contribution in [0, 0.1) is 6.92 Å². The molecule has 0 saturated heterocycles. The molecular weight excluding hydrogens is 1220 g/mol. The minimum absolute atomic E-state index is 0.00572. The molecular formula is C68H67B5O12S5. The monoisotopic (exact) mass is 1290 g/mol. The van der Waals surface area contributed by atoms with Crippen molar-refractivity contribution in [1.29, 1.82) is 0 Å². The summed E-state index contributed by atoms with van der Waals surface area (Å²) in [7, 11) is -11.5. The predicted molar refractivity (Wildman–Crippen MR) is 376 cm³/mol. The molecule has 9 rings (SSSR count). The average molecular weight is 1290 g/mol. The van der Waals surface area contributed by atoms with E-state index in [2.05, 4.69) is 159 Å². The third-order valence-electron chi connectivity index (χ3n) is 17.1. The molecule has 22 heteroatoms. The highest BCUT2D eigenvalue weighted by atomic mass is 32.2. The zero-order chi connectivity index (χ0) is 64.8. The van der Waals surface area contributed by atoms with Crippen LogP contribution in [-0.2, 0) is 62.4 Å². The van der Waals surface area contributed by atoms with Gasteiger partial charge in [0.05, 0.1) is 43.7 Å². The van der Waals surface area contributed by atoms with Crippen molar-refractivity contribution in [3.8, 4) is 11.1 Å². The van der Waals surface area contributed by atoms with Gasteiger partial charge in [0.2, 0.25) is 9.84 Å². The van der Waals surface area contributed by atoms with Crippen LogP contribution in [0.1, 0.15) is 65.3 Å². The van der Waals surface area contributed by atoms with Crippen LogP contribution in [0.4, 0.5) is 0 Å². The van der Waals surface area contributed by atoms with Gasteiger partial charge in [-0.2, -0.15) is 25.5 Å². The van der Waals surface area contributed by atoms with E-state index in [9.17, 15) is 39.6 Å². The van der Waals surface area contributed by atoms with Crippen LogP contribution in [0.25, 0.3) is 11.1 Å². The molecule has 12 nitrogen and oxygen atoms in total. The van der Waals surface area contributed by atoms with Gasteiger partial charge >= 0.3 is 0 Å². The van der Waals surface area contributed by atoms with Crippen molar-refractivity contribution in [2.24, 2.45) is 0 Å². The van der Waals surface area contributed by atoms with E-state index in [4.69, 9.17) is 5.26 Å². The Labute approximate surface area is 541 Å². The van der Waals surface area contributed by atoms with Crippen molar-refractivity contribution in [3.05, 3.63) is 252 Å². The van der Waals surface area contributed by atoms with E-state index in [-0.39, 0.29) is 40.1 Å². The molecule has 456 valence electrons. The fraction of sp³-hybridized carbons (Fsp3) is 0.147. The van der Waals surface area contributed by atoms with Crippen LogP contribution in [0.2, 0.25) is 13.6 Å². The van der Waals surface area contributed by atoms with Crippen LogP contribution in [0.15, 0.2) is 237 Å². The first kappa shape index (κ1) is 67.5. The van der Waals surface area contributed by atoms with Crippen molar-refractivity contribution in [2.45, 2.75) is 94.4 Å². The number of aryl methyl sites for hydroxylation is 1. The molecule has 0 radical (unpaired) electrons. The van der Waals surface area contributed by atoms with Crippen molar-refractivity contribution < 1.29 is 53.5 Å². The summed E-state index contributed by atoms with van der Waals surface area (Å²) in [5.74, 6) is 0. The number of hydrogen-bond donors (Lipinski definition) is 4. The summed E-state index contributed by atoms with van der Waals surface area (Å²) >= 11 is 1.05. The Kier molecular flexibility index (Phi) is 21.2. The van der Waals surface area contributed by atoms with Gasteiger partial charge < -0.3 is 0 Å². The van der Waals surface area contributed by atoms with Gasteiger partial charge in [-0.25, -0.2) is 18.9 Å². The minimum Gasteiger partial charge on any atom is -0.282 e. The molecule has 0 aliphatic carbocycles. The van der Waals surface area contributed by atoms with E-state index in [1.165, 1.54) is 74.9 Å². The Morgan fingerprint density at radius 1 is 0.467 bits per heavy atom. The van der Waals surface area contributed by atoms with Gasteiger partial charge in [-0.15, -0.1) is 13.2 Å². The first-order chi connectivity index (χ1) is 42.8. The topological polar surface area (TPSA) is 202 Å². The zero-order valence-electron chi connectivity index (χ0n) is 50.9. The smallest absolute Gasteiger partial charge is 0.282 e. The van der Waals surface area contributed by atoms with E-state index in [1.54, 1.807) is 37.3 Å². The molecule has 90 heavy (non-hydrogen) atoms. The highest BCUT2D eigenvalue weighted by Gasteiger charge is 2.33. The zero-order valence-corrected chi connectivity index (χ0v) is 55.0. The van der Waals surface area contributed by atoms with Gasteiger partial charge in [-0.1, -0.05) is 229 Å². The average Bonchev–Trinajstić information content (AvgIpc) is 0.799. The normalized spacial score (nSPS) is 12.1. The van der Waals surface area contributed by atoms with Gasteiger partial charge in [0, 0.05) is 20.6 Å². The molecule has 0 bridgehead atoms. The SMILES string of the molecule is C=CCc1cc(Bc2ccc(C(C)(c3ccc(BC)cc3)c3ccc(BC)cc3)cc2)ccc1C(C)(C)c1ccc(Bc2ccc(-c3ccc(Bc4ccc(S(=O)(=O)c5ccc(C)c(SOO)c5)cc4S(=O)(=O)O)c(SOO)c3)cc2S(=O)(=O)O)cc1CC=C. The number of sulfone groups is 1. The molecule has 0 amide bonds. The van der Waals surface area contributed by atoms with Gasteiger partial charge in [0.1, 0.15) is 0 Å². The molecule has 0 heterocycles. The Hall–Kier alpha value is -6.91. The van der Waals surface area contributed by atoms with Crippen LogP contribution >= 0.6 is 24.1 Å². The lowest BCUT2D eigenvalue weighted by atomic mass is 9.61. The highest BCUT2D eigenvalue weighted by Crippen LogP contribution is 2.39. The first-order valence-electron chi connectivity index (χ1n) is 29.3. The van der Waals surface area contributed by atoms with Gasteiger partial charge in [0.25, 0.3) is 20.2 Å². The largest absolute Gasteiger partial charge is 0.294 e. The van der Waals surface area contributed by atoms with Crippen molar-refractivity contribution in [3.63, 3.8) is 0 Å². The summed E-state index contributed by atoms with van der Waals surface area (Å²) < 4.78 is 109. The fourth-order valence-electron chi connectivity index (χ4n) is 12.0. The van der Waals surface area contributed by atoms with Crippen molar-refractivity contribution >= 4 is 134 Å². The van der Waals surface area contributed by atoms with E-state index in [1.807, 2.05) is 18.2 Å². The quantitative estimate of drug-likeness (QED) is 0.00790. The lowest BCUT2D eigenvalue weighted by Gasteiger charge is -2.32. The standard InChI is InChI=1S/C68H67B5O12S5/c1-9-11-46-37-54(71-53-26-20-50(21-27-53)68(6,48-16-22-51(69-7)23-17-48)49-18-24-52(70-8)25-19-49)28-32-58(46)67(4,5)59-33-29-55(38-47(59)12-10-2)72-61-35-15-45(40-65(61)89(78,79)80)44-14-34-60(64(39-44)87-85-75)73-62-36-31-57(42-66(62)90(81,82)83)88(76,77)56-30-13-43(3)63(41-56)86-84-74/h9-10,13-42,69-75H,1-2,11-12H2,3-8H3,(H,78,79,80)(H,81,82,83). The number of benzene rings is 9. The second kappa shape index (κ2) is 28.3. The third-order valence-corrected chi connectivity index (χ3v) is 22.1. The summed E-state index contributed by atoms with van der Waals surface area (Å²) in [6, 6.07) is 56.8. The predicted octanol–water partition coefficient (Wildman–Crippen LogP) is 7.50. The Balaban J connectivity index is 0.960. The van der Waals surface area contributed by atoms with E-state index in [0.717, 1.165) is 55.6 Å². The molecule has 9 aromatic rings. The molecule has 0 atom stereocenters. The maximum absolute atomic E-state index is 13.7. The fourth-order valence-corrected chi connectivity index (χ4v) is 15.9. The van der Waals surface area contributed by atoms with Gasteiger partial charge in [-0.3, -0.25) is 9.11 Å². The molecule has 0 aromatic heterocycles. The van der Waals surface area contributed by atoms with Crippen molar-refractivity contribution in [1.82, 2.24) is 0 Å². The summed E-state index contributed by atoms with van der Waals surface area (Å²) in [5, 5.41) is 18.6. The summed E-state index contributed by atoms with van der Waals surface area (Å²) in [6.45, 7) is 21.0. The van der Waals surface area contributed by atoms with Crippen LogP contribution in [0.5, 0.6) is 0 Å². The molecule has 4 N–H and O–H groups in total. The first-order valence-corrected chi connectivity index (χ1v) is 35.1. The lowest BCUT2D eigenvalue weighted by Crippen LogP contribution is -2.33. The second-order valence-corrected chi connectivity index (χ2v) is 29.4.